The van der Waals surface area contributed by atoms with Crippen LogP contribution in [0.15, 0.2) is 42.6 Å². The van der Waals surface area contributed by atoms with Crippen molar-refractivity contribution in [2.75, 3.05) is 18.5 Å². The summed E-state index contributed by atoms with van der Waals surface area (Å²) in [6.07, 6.45) is 1.55. The van der Waals surface area contributed by atoms with Gasteiger partial charge in [-0.2, -0.15) is 5.26 Å². The minimum absolute atomic E-state index is 0.156. The second-order valence-corrected chi connectivity index (χ2v) is 3.47. The van der Waals surface area contributed by atoms with Gasteiger partial charge in [0.25, 0.3) is 0 Å². The van der Waals surface area contributed by atoms with Crippen molar-refractivity contribution >= 4 is 5.82 Å². The summed E-state index contributed by atoms with van der Waals surface area (Å²) in [5, 5.41) is 11.7. The van der Waals surface area contributed by atoms with Crippen LogP contribution >= 0.6 is 0 Å². The Kier molecular flexibility index (Phi) is 4.09. The quantitative estimate of drug-likeness (QED) is 0.807. The molecule has 1 N–H and O–H groups in total. The Labute approximate surface area is 105 Å². The molecule has 2 aromatic rings. The summed E-state index contributed by atoms with van der Waals surface area (Å²) in [4.78, 5) is 7.79. The monoisotopic (exact) mass is 240 g/mol. The van der Waals surface area contributed by atoms with Crippen molar-refractivity contribution < 1.29 is 4.74 Å². The van der Waals surface area contributed by atoms with Gasteiger partial charge in [-0.25, -0.2) is 9.97 Å². The molecule has 5 heteroatoms. The number of nitrogens with zero attached hydrogens (tertiary/aromatic N) is 3. The number of nitriles is 1. The predicted molar refractivity (Wildman–Crippen MR) is 67.2 cm³/mol. The zero-order valence-electron chi connectivity index (χ0n) is 9.71. The van der Waals surface area contributed by atoms with E-state index in [0.29, 0.717) is 19.0 Å². The van der Waals surface area contributed by atoms with E-state index in [1.54, 1.807) is 12.3 Å². The smallest absolute Gasteiger partial charge is 0.234 e. The van der Waals surface area contributed by atoms with Crippen molar-refractivity contribution in [3.63, 3.8) is 0 Å². The van der Waals surface area contributed by atoms with Gasteiger partial charge in [0, 0.05) is 6.20 Å². The molecule has 0 unspecified atom stereocenters. The first-order chi connectivity index (χ1) is 8.88. The van der Waals surface area contributed by atoms with E-state index in [4.69, 9.17) is 10.00 Å². The van der Waals surface area contributed by atoms with Gasteiger partial charge >= 0.3 is 0 Å². The number of benzene rings is 1. The maximum absolute atomic E-state index is 8.65. The molecule has 0 amide bonds. The lowest BCUT2D eigenvalue weighted by Gasteiger charge is -2.07. The first-order valence-corrected chi connectivity index (χ1v) is 5.53. The summed E-state index contributed by atoms with van der Waals surface area (Å²) in [5.74, 6) is 1.61. The first kappa shape index (κ1) is 11.9. The molecule has 90 valence electrons. The van der Waals surface area contributed by atoms with Crippen LogP contribution < -0.4 is 10.1 Å². The van der Waals surface area contributed by atoms with Crippen molar-refractivity contribution in [2.24, 2.45) is 0 Å². The zero-order valence-corrected chi connectivity index (χ0v) is 9.71. The zero-order chi connectivity index (χ0) is 12.6. The van der Waals surface area contributed by atoms with Crippen LogP contribution in [0.3, 0.4) is 0 Å². The predicted octanol–water partition coefficient (Wildman–Crippen LogP) is 1.84. The standard InChI is InChI=1S/C13H12N4O/c14-10-13-15-7-6-12(17-13)16-8-9-18-11-4-2-1-3-5-11/h1-7H,8-9H2,(H,15,16,17). The number of nitrogens with one attached hydrogen (secondary N) is 1. The third kappa shape index (κ3) is 3.46. The number of hydrogen-bond acceptors (Lipinski definition) is 5. The lowest BCUT2D eigenvalue weighted by Crippen LogP contribution is -2.12. The van der Waals surface area contributed by atoms with Crippen molar-refractivity contribution in [3.8, 4) is 11.8 Å². The Morgan fingerprint density at radius 3 is 2.83 bits per heavy atom. The van der Waals surface area contributed by atoms with Gasteiger partial charge in [-0.3, -0.25) is 0 Å². The number of aromatic nitrogens is 2. The maximum atomic E-state index is 8.65. The number of anilines is 1. The number of ether oxygens (including phenoxy) is 1. The molecule has 0 bridgehead atoms. The van der Waals surface area contributed by atoms with E-state index in [1.165, 1.54) is 0 Å². The molecule has 0 saturated carbocycles. The topological polar surface area (TPSA) is 70.8 Å². The summed E-state index contributed by atoms with van der Waals surface area (Å²) in [6, 6.07) is 13.2. The Bertz CT molecular complexity index is 536. The molecule has 0 aliphatic heterocycles. The summed E-state index contributed by atoms with van der Waals surface area (Å²) in [6.45, 7) is 1.13. The highest BCUT2D eigenvalue weighted by Gasteiger charge is 1.97. The van der Waals surface area contributed by atoms with E-state index in [0.717, 1.165) is 5.75 Å². The van der Waals surface area contributed by atoms with Crippen LogP contribution in [0.1, 0.15) is 5.82 Å². The van der Waals surface area contributed by atoms with Crippen molar-refractivity contribution in [1.29, 1.82) is 5.26 Å². The van der Waals surface area contributed by atoms with Gasteiger partial charge in [-0.1, -0.05) is 18.2 Å². The van der Waals surface area contributed by atoms with Gasteiger partial charge < -0.3 is 10.1 Å². The van der Waals surface area contributed by atoms with E-state index in [9.17, 15) is 0 Å². The first-order valence-electron chi connectivity index (χ1n) is 5.53. The van der Waals surface area contributed by atoms with Crippen molar-refractivity contribution in [2.45, 2.75) is 0 Å². The number of rotatable bonds is 5. The van der Waals surface area contributed by atoms with Gasteiger partial charge in [0.1, 0.15) is 24.2 Å². The van der Waals surface area contributed by atoms with Gasteiger partial charge in [-0.05, 0) is 18.2 Å². The summed E-state index contributed by atoms with van der Waals surface area (Å²) < 4.78 is 5.51. The molecule has 2 rings (SSSR count). The highest BCUT2D eigenvalue weighted by Crippen LogP contribution is 2.08. The third-order valence-corrected chi connectivity index (χ3v) is 2.18. The Balaban J connectivity index is 1.77. The van der Waals surface area contributed by atoms with Crippen LogP contribution in [0, 0.1) is 11.3 Å². The minimum atomic E-state index is 0.156. The molecular formula is C13H12N4O. The fraction of sp³-hybridized carbons (Fsp3) is 0.154. The van der Waals surface area contributed by atoms with Crippen molar-refractivity contribution in [1.82, 2.24) is 9.97 Å². The van der Waals surface area contributed by atoms with Gasteiger partial charge in [0.2, 0.25) is 5.82 Å². The maximum Gasteiger partial charge on any atom is 0.234 e. The minimum Gasteiger partial charge on any atom is -0.492 e. The molecule has 0 radical (unpaired) electrons. The van der Waals surface area contributed by atoms with Gasteiger partial charge in [0.15, 0.2) is 0 Å². The fourth-order valence-electron chi connectivity index (χ4n) is 1.38. The molecule has 18 heavy (non-hydrogen) atoms. The largest absolute Gasteiger partial charge is 0.492 e. The van der Waals surface area contributed by atoms with E-state index in [-0.39, 0.29) is 5.82 Å². The molecule has 0 fully saturated rings. The van der Waals surface area contributed by atoms with E-state index in [1.807, 2.05) is 36.4 Å². The van der Waals surface area contributed by atoms with Gasteiger partial charge in [0.05, 0.1) is 6.54 Å². The molecular weight excluding hydrogens is 228 g/mol. The van der Waals surface area contributed by atoms with Crippen LogP contribution in [0.5, 0.6) is 5.75 Å². The van der Waals surface area contributed by atoms with Gasteiger partial charge in [-0.15, -0.1) is 0 Å². The van der Waals surface area contributed by atoms with E-state index < -0.39 is 0 Å². The van der Waals surface area contributed by atoms with Crippen LogP contribution in [0.25, 0.3) is 0 Å². The number of para-hydroxylation sites is 1. The second-order valence-electron chi connectivity index (χ2n) is 3.47. The summed E-state index contributed by atoms with van der Waals surface area (Å²) >= 11 is 0. The second kappa shape index (κ2) is 6.21. The lowest BCUT2D eigenvalue weighted by molar-refractivity contribution is 0.333. The van der Waals surface area contributed by atoms with Crippen LogP contribution in [0.4, 0.5) is 5.82 Å². The summed E-state index contributed by atoms with van der Waals surface area (Å²) in [5.41, 5.74) is 0. The van der Waals surface area contributed by atoms with E-state index >= 15 is 0 Å². The SMILES string of the molecule is N#Cc1nccc(NCCOc2ccccc2)n1. The van der Waals surface area contributed by atoms with Crippen molar-refractivity contribution in [3.05, 3.63) is 48.4 Å². The van der Waals surface area contributed by atoms with Crippen LogP contribution in [-0.2, 0) is 0 Å². The highest BCUT2D eigenvalue weighted by atomic mass is 16.5. The highest BCUT2D eigenvalue weighted by molar-refractivity contribution is 5.34. The average Bonchev–Trinajstić information content (AvgIpc) is 2.45. The summed E-state index contributed by atoms with van der Waals surface area (Å²) in [7, 11) is 0. The molecule has 0 spiro atoms. The molecule has 0 atom stereocenters. The van der Waals surface area contributed by atoms with Crippen LogP contribution in [-0.4, -0.2) is 23.1 Å². The lowest BCUT2D eigenvalue weighted by atomic mass is 10.3. The molecule has 1 aromatic heterocycles. The Morgan fingerprint density at radius 1 is 1.22 bits per heavy atom. The molecule has 1 aromatic carbocycles. The normalized spacial score (nSPS) is 9.50. The van der Waals surface area contributed by atoms with Crippen LogP contribution in [0.2, 0.25) is 0 Å². The molecule has 0 aliphatic rings. The fourth-order valence-corrected chi connectivity index (χ4v) is 1.38. The third-order valence-electron chi connectivity index (χ3n) is 2.18. The Morgan fingerprint density at radius 2 is 2.06 bits per heavy atom. The van der Waals surface area contributed by atoms with E-state index in [2.05, 4.69) is 15.3 Å². The average molecular weight is 240 g/mol. The molecule has 1 heterocycles. The molecule has 5 nitrogen and oxygen atoms in total. The molecule has 0 saturated heterocycles. The molecule has 0 aliphatic carbocycles. The Hall–Kier alpha value is -2.61. The number of hydrogen-bond donors (Lipinski definition) is 1.